The van der Waals surface area contributed by atoms with Crippen molar-refractivity contribution in [1.29, 1.82) is 0 Å². The van der Waals surface area contributed by atoms with E-state index in [9.17, 15) is 0 Å². The maximum Gasteiger partial charge on any atom is 0.169 e. The van der Waals surface area contributed by atoms with Gasteiger partial charge in [-0.25, -0.2) is 9.97 Å². The van der Waals surface area contributed by atoms with Gasteiger partial charge in [0.1, 0.15) is 6.33 Å². The minimum atomic E-state index is 0.756. The van der Waals surface area contributed by atoms with Crippen LogP contribution in [0.25, 0.3) is 21.9 Å². The number of hydrogen-bond acceptors (Lipinski definition) is 4. The van der Waals surface area contributed by atoms with Crippen LogP contribution in [0.3, 0.4) is 0 Å². The molecule has 62 valence electrons. The second kappa shape index (κ2) is 2.26. The van der Waals surface area contributed by atoms with Crippen LogP contribution in [0.15, 0.2) is 35.4 Å². The molecule has 13 heavy (non-hydrogen) atoms. The first kappa shape index (κ1) is 6.54. The molecule has 0 spiro atoms. The van der Waals surface area contributed by atoms with E-state index in [1.165, 1.54) is 6.33 Å². The number of fused-ring (bicyclic) bond motifs is 3. The van der Waals surface area contributed by atoms with Crippen LogP contribution in [-0.4, -0.2) is 15.1 Å². The van der Waals surface area contributed by atoms with E-state index >= 15 is 0 Å². The maximum atomic E-state index is 5.02. The first-order chi connectivity index (χ1) is 6.45. The molecule has 0 amide bonds. The normalized spacial score (nSPS) is 11.1. The second-order valence-electron chi connectivity index (χ2n) is 2.76. The number of benzene rings is 1. The molecule has 0 saturated carbocycles. The van der Waals surface area contributed by atoms with Crippen LogP contribution in [0.2, 0.25) is 0 Å². The van der Waals surface area contributed by atoms with Gasteiger partial charge in [-0.2, -0.15) is 0 Å². The van der Waals surface area contributed by atoms with Crippen molar-refractivity contribution < 1.29 is 4.52 Å². The van der Waals surface area contributed by atoms with Crippen molar-refractivity contribution in [2.24, 2.45) is 0 Å². The standard InChI is InChI=1S/C9H5N3O/c1-2-8-7(4-12-13-8)9-6(1)3-10-5-11-9/h1-5H. The van der Waals surface area contributed by atoms with Crippen LogP contribution >= 0.6 is 0 Å². The van der Waals surface area contributed by atoms with Gasteiger partial charge in [-0.3, -0.25) is 0 Å². The molecule has 0 N–H and O–H groups in total. The Labute approximate surface area is 73.2 Å². The summed E-state index contributed by atoms with van der Waals surface area (Å²) in [6.45, 7) is 0. The van der Waals surface area contributed by atoms with Gasteiger partial charge in [-0.1, -0.05) is 5.16 Å². The van der Waals surface area contributed by atoms with Gasteiger partial charge in [-0.05, 0) is 12.1 Å². The summed E-state index contributed by atoms with van der Waals surface area (Å²) in [5, 5.41) is 5.64. The SMILES string of the molecule is c1ncc2ccc3oncc3c2n1. The lowest BCUT2D eigenvalue weighted by molar-refractivity contribution is 0.456. The number of nitrogens with zero attached hydrogens (tertiary/aromatic N) is 3. The van der Waals surface area contributed by atoms with E-state index in [1.54, 1.807) is 12.4 Å². The van der Waals surface area contributed by atoms with E-state index in [4.69, 9.17) is 4.52 Å². The molecular weight excluding hydrogens is 166 g/mol. The van der Waals surface area contributed by atoms with Crippen molar-refractivity contribution in [2.45, 2.75) is 0 Å². The van der Waals surface area contributed by atoms with Crippen LogP contribution in [0.5, 0.6) is 0 Å². The smallest absolute Gasteiger partial charge is 0.169 e. The number of aromatic nitrogens is 3. The van der Waals surface area contributed by atoms with Gasteiger partial charge >= 0.3 is 0 Å². The molecule has 0 atom stereocenters. The van der Waals surface area contributed by atoms with Crippen molar-refractivity contribution in [3.05, 3.63) is 30.9 Å². The van der Waals surface area contributed by atoms with Crippen LogP contribution in [0, 0.1) is 0 Å². The summed E-state index contributed by atoms with van der Waals surface area (Å²) in [6.07, 6.45) is 4.97. The van der Waals surface area contributed by atoms with Gasteiger partial charge in [0.05, 0.1) is 17.1 Å². The van der Waals surface area contributed by atoms with Crippen molar-refractivity contribution >= 4 is 21.9 Å². The lowest BCUT2D eigenvalue weighted by Crippen LogP contribution is -1.80. The fourth-order valence-corrected chi connectivity index (χ4v) is 1.40. The summed E-state index contributed by atoms with van der Waals surface area (Å²) in [5.74, 6) is 0. The number of rotatable bonds is 0. The fourth-order valence-electron chi connectivity index (χ4n) is 1.40. The molecule has 0 fully saturated rings. The van der Waals surface area contributed by atoms with Gasteiger partial charge < -0.3 is 4.52 Å². The largest absolute Gasteiger partial charge is 0.356 e. The first-order valence-electron chi connectivity index (χ1n) is 3.88. The summed E-state index contributed by atoms with van der Waals surface area (Å²) in [4.78, 5) is 8.11. The Bertz CT molecular complexity index is 573. The molecule has 2 aromatic heterocycles. The molecule has 0 radical (unpaired) electrons. The average molecular weight is 171 g/mol. The summed E-state index contributed by atoms with van der Waals surface area (Å²) < 4.78 is 5.02. The predicted octanol–water partition coefficient (Wildman–Crippen LogP) is 1.77. The zero-order chi connectivity index (χ0) is 8.67. The molecule has 4 heteroatoms. The molecule has 0 bridgehead atoms. The lowest BCUT2D eigenvalue weighted by Gasteiger charge is -1.93. The Morgan fingerprint density at radius 3 is 3.15 bits per heavy atom. The quantitative estimate of drug-likeness (QED) is 0.517. The van der Waals surface area contributed by atoms with Crippen LogP contribution in [0.4, 0.5) is 0 Å². The van der Waals surface area contributed by atoms with Gasteiger partial charge in [0.15, 0.2) is 5.58 Å². The fraction of sp³-hybridized carbons (Fsp3) is 0. The zero-order valence-electron chi connectivity index (χ0n) is 6.64. The Kier molecular flexibility index (Phi) is 1.14. The first-order valence-corrected chi connectivity index (χ1v) is 3.88. The molecular formula is C9H5N3O. The zero-order valence-corrected chi connectivity index (χ0v) is 6.64. The highest BCUT2D eigenvalue weighted by Gasteiger charge is 2.03. The Morgan fingerprint density at radius 1 is 1.15 bits per heavy atom. The second-order valence-corrected chi connectivity index (χ2v) is 2.76. The highest BCUT2D eigenvalue weighted by atomic mass is 16.5. The molecule has 2 heterocycles. The molecule has 0 saturated heterocycles. The van der Waals surface area contributed by atoms with Gasteiger partial charge in [-0.15, -0.1) is 0 Å². The minimum absolute atomic E-state index is 0.756. The van der Waals surface area contributed by atoms with Crippen molar-refractivity contribution in [2.75, 3.05) is 0 Å². The highest BCUT2D eigenvalue weighted by molar-refractivity contribution is 6.02. The van der Waals surface area contributed by atoms with Crippen molar-refractivity contribution in [3.63, 3.8) is 0 Å². The van der Waals surface area contributed by atoms with Gasteiger partial charge in [0, 0.05) is 11.6 Å². The van der Waals surface area contributed by atoms with E-state index in [2.05, 4.69) is 15.1 Å². The molecule has 4 nitrogen and oxygen atoms in total. The van der Waals surface area contributed by atoms with Crippen LogP contribution < -0.4 is 0 Å². The van der Waals surface area contributed by atoms with E-state index in [0.717, 1.165) is 21.9 Å². The third-order valence-electron chi connectivity index (χ3n) is 2.01. The van der Waals surface area contributed by atoms with E-state index in [1.807, 2.05) is 12.1 Å². The molecule has 0 aliphatic heterocycles. The summed E-state index contributed by atoms with van der Waals surface area (Å²) in [5.41, 5.74) is 1.64. The van der Waals surface area contributed by atoms with Crippen LogP contribution in [0.1, 0.15) is 0 Å². The monoisotopic (exact) mass is 171 g/mol. The van der Waals surface area contributed by atoms with E-state index in [0.29, 0.717) is 0 Å². The Morgan fingerprint density at radius 2 is 2.15 bits per heavy atom. The van der Waals surface area contributed by atoms with Crippen molar-refractivity contribution in [1.82, 2.24) is 15.1 Å². The maximum absolute atomic E-state index is 5.02. The third kappa shape index (κ3) is 0.823. The summed E-state index contributed by atoms with van der Waals surface area (Å²) in [6, 6.07) is 3.79. The van der Waals surface area contributed by atoms with Crippen LogP contribution in [-0.2, 0) is 0 Å². The van der Waals surface area contributed by atoms with Gasteiger partial charge in [0.25, 0.3) is 0 Å². The lowest BCUT2D eigenvalue weighted by atomic mass is 10.2. The topological polar surface area (TPSA) is 51.8 Å². The third-order valence-corrected chi connectivity index (χ3v) is 2.01. The molecule has 0 aliphatic carbocycles. The molecule has 0 aliphatic rings. The Hall–Kier alpha value is -1.97. The minimum Gasteiger partial charge on any atom is -0.356 e. The molecule has 1 aromatic carbocycles. The average Bonchev–Trinajstić information content (AvgIpc) is 2.65. The van der Waals surface area contributed by atoms with E-state index < -0.39 is 0 Å². The summed E-state index contributed by atoms with van der Waals surface area (Å²) >= 11 is 0. The highest BCUT2D eigenvalue weighted by Crippen LogP contribution is 2.21. The van der Waals surface area contributed by atoms with E-state index in [-0.39, 0.29) is 0 Å². The number of hydrogen-bond donors (Lipinski definition) is 0. The molecule has 0 unspecified atom stereocenters. The molecule has 3 rings (SSSR count). The predicted molar refractivity (Wildman–Crippen MR) is 47.1 cm³/mol. The van der Waals surface area contributed by atoms with Gasteiger partial charge in [0.2, 0.25) is 0 Å². The summed E-state index contributed by atoms with van der Waals surface area (Å²) in [7, 11) is 0. The van der Waals surface area contributed by atoms with Crippen molar-refractivity contribution in [3.8, 4) is 0 Å². The molecule has 3 aromatic rings. The Balaban J connectivity index is 2.65.